The lowest BCUT2D eigenvalue weighted by molar-refractivity contribution is 0.237. The molecule has 5 nitrogen and oxygen atoms in total. The molecule has 0 saturated heterocycles. The maximum atomic E-state index is 12.5. The molecule has 2 aromatic carbocycles. The topological polar surface area (TPSA) is 69.2 Å². The van der Waals surface area contributed by atoms with Crippen molar-refractivity contribution in [1.29, 1.82) is 0 Å². The molecule has 0 spiro atoms. The molecule has 4 rings (SSSR count). The highest BCUT2D eigenvalue weighted by Crippen LogP contribution is 2.32. The van der Waals surface area contributed by atoms with Crippen molar-refractivity contribution >= 4 is 34.8 Å². The lowest BCUT2D eigenvalue weighted by Crippen LogP contribution is -2.35. The Kier molecular flexibility index (Phi) is 5.34. The fourth-order valence-corrected chi connectivity index (χ4v) is 4.02. The van der Waals surface area contributed by atoms with E-state index in [-0.39, 0.29) is 16.3 Å². The molecule has 0 radical (unpaired) electrons. The van der Waals surface area contributed by atoms with Gasteiger partial charge in [0.1, 0.15) is 11.6 Å². The average molecular weight is 437 g/mol. The predicted molar refractivity (Wildman–Crippen MR) is 111 cm³/mol. The Hall–Kier alpha value is -2.05. The lowest BCUT2D eigenvalue weighted by atomic mass is 10.0. The smallest absolute Gasteiger partial charge is 0.254 e. The zero-order valence-corrected chi connectivity index (χ0v) is 16.9. The van der Waals surface area contributed by atoms with Crippen molar-refractivity contribution in [3.63, 3.8) is 0 Å². The summed E-state index contributed by atoms with van der Waals surface area (Å²) in [6.07, 6.45) is 0.577. The molecule has 0 atom stereocenters. The second-order valence-corrected chi connectivity index (χ2v) is 7.98. The number of H-pyrrole nitrogens is 1. The molecule has 28 heavy (non-hydrogen) atoms. The summed E-state index contributed by atoms with van der Waals surface area (Å²) in [6.45, 7) is 1.61. The summed E-state index contributed by atoms with van der Waals surface area (Å²) in [5.74, 6) is 0.536. The first kappa shape index (κ1) is 19.3. The quantitative estimate of drug-likeness (QED) is 0.626. The number of phenols is 1. The van der Waals surface area contributed by atoms with Crippen molar-refractivity contribution in [1.82, 2.24) is 14.9 Å². The number of phenolic OH excluding ortho intramolecular Hbond substituents is 1. The van der Waals surface area contributed by atoms with Crippen LogP contribution in [0.15, 0.2) is 41.2 Å². The number of nitrogens with one attached hydrogen (secondary N) is 1. The molecule has 0 unspecified atom stereocenters. The Morgan fingerprint density at radius 1 is 1.11 bits per heavy atom. The van der Waals surface area contributed by atoms with E-state index in [9.17, 15) is 9.90 Å². The van der Waals surface area contributed by atoms with Crippen LogP contribution in [0.3, 0.4) is 0 Å². The van der Waals surface area contributed by atoms with Gasteiger partial charge in [-0.15, -0.1) is 0 Å². The number of aromatic hydroxyl groups is 1. The second-order valence-electron chi connectivity index (χ2n) is 6.70. The van der Waals surface area contributed by atoms with Crippen molar-refractivity contribution in [3.05, 3.63) is 78.6 Å². The Morgan fingerprint density at radius 2 is 1.86 bits per heavy atom. The van der Waals surface area contributed by atoms with Crippen LogP contribution in [0.1, 0.15) is 16.8 Å². The number of aromatic nitrogens is 2. The molecule has 0 saturated carbocycles. The molecule has 0 amide bonds. The number of aromatic amines is 1. The molecule has 8 heteroatoms. The van der Waals surface area contributed by atoms with Crippen molar-refractivity contribution in [2.24, 2.45) is 0 Å². The molecular weight excluding hydrogens is 421 g/mol. The number of halogens is 3. The minimum absolute atomic E-state index is 0.0255. The monoisotopic (exact) mass is 435 g/mol. The fourth-order valence-electron chi connectivity index (χ4n) is 3.35. The van der Waals surface area contributed by atoms with Gasteiger partial charge < -0.3 is 10.1 Å². The van der Waals surface area contributed by atoms with Gasteiger partial charge in [-0.05, 0) is 42.8 Å². The van der Waals surface area contributed by atoms with Crippen LogP contribution in [0, 0.1) is 0 Å². The molecule has 2 heterocycles. The molecule has 2 N–H and O–H groups in total. The van der Waals surface area contributed by atoms with Gasteiger partial charge in [0.2, 0.25) is 0 Å². The van der Waals surface area contributed by atoms with Crippen LogP contribution >= 0.6 is 34.8 Å². The molecular formula is C20H16Cl3N3O2. The fraction of sp³-hybridized carbons (Fsp3) is 0.200. The van der Waals surface area contributed by atoms with Crippen molar-refractivity contribution < 1.29 is 5.11 Å². The van der Waals surface area contributed by atoms with Crippen LogP contribution in [0.25, 0.3) is 11.4 Å². The Labute approximate surface area is 176 Å². The number of nitrogens with zero attached hydrogens (tertiary/aromatic N) is 2. The van der Waals surface area contributed by atoms with Gasteiger partial charge >= 0.3 is 0 Å². The molecule has 144 valence electrons. The summed E-state index contributed by atoms with van der Waals surface area (Å²) in [6, 6.07) is 10.4. The van der Waals surface area contributed by atoms with Crippen molar-refractivity contribution in [2.45, 2.75) is 19.5 Å². The number of benzene rings is 2. The van der Waals surface area contributed by atoms with Gasteiger partial charge in [-0.3, -0.25) is 9.69 Å². The zero-order chi connectivity index (χ0) is 19.8. The van der Waals surface area contributed by atoms with Crippen LogP contribution in [0.2, 0.25) is 15.1 Å². The highest BCUT2D eigenvalue weighted by molar-refractivity contribution is 6.35. The summed E-state index contributed by atoms with van der Waals surface area (Å²) in [7, 11) is 0. The average Bonchev–Trinajstić information content (AvgIpc) is 2.66. The molecule has 1 aliphatic heterocycles. The standard InChI is InChI=1S/C20H16Cl3N3O2/c21-13-3-1-11(2-4-13)19-24-17-10-26(6-5-15(17)20(28)25-19)9-12-7-14(22)8-16(23)18(12)27/h1-4,7-8,27H,5-6,9-10H2,(H,24,25,28). The lowest BCUT2D eigenvalue weighted by Gasteiger charge is -2.28. The summed E-state index contributed by atoms with van der Waals surface area (Å²) >= 11 is 18.0. The van der Waals surface area contributed by atoms with Gasteiger partial charge in [0.15, 0.2) is 0 Å². The van der Waals surface area contributed by atoms with E-state index in [1.54, 1.807) is 18.2 Å². The van der Waals surface area contributed by atoms with Gasteiger partial charge in [0.05, 0.1) is 10.7 Å². The van der Waals surface area contributed by atoms with Crippen molar-refractivity contribution in [2.75, 3.05) is 6.54 Å². The summed E-state index contributed by atoms with van der Waals surface area (Å²) in [5, 5.41) is 11.5. The van der Waals surface area contributed by atoms with Crippen LogP contribution in [-0.4, -0.2) is 26.5 Å². The largest absolute Gasteiger partial charge is 0.506 e. The number of hydrogen-bond donors (Lipinski definition) is 2. The Balaban J connectivity index is 1.63. The molecule has 0 bridgehead atoms. The van der Waals surface area contributed by atoms with E-state index in [2.05, 4.69) is 14.9 Å². The van der Waals surface area contributed by atoms with E-state index in [0.29, 0.717) is 53.1 Å². The highest BCUT2D eigenvalue weighted by atomic mass is 35.5. The molecule has 1 aromatic heterocycles. The first-order valence-corrected chi connectivity index (χ1v) is 9.81. The second kappa shape index (κ2) is 7.76. The Bertz CT molecular complexity index is 1100. The molecule has 1 aliphatic rings. The highest BCUT2D eigenvalue weighted by Gasteiger charge is 2.22. The van der Waals surface area contributed by atoms with E-state index in [1.165, 1.54) is 6.07 Å². The Morgan fingerprint density at radius 3 is 2.61 bits per heavy atom. The number of rotatable bonds is 3. The van der Waals surface area contributed by atoms with E-state index in [0.717, 1.165) is 11.3 Å². The van der Waals surface area contributed by atoms with Crippen molar-refractivity contribution in [3.8, 4) is 17.1 Å². The van der Waals surface area contributed by atoms with Crippen LogP contribution in [0.5, 0.6) is 5.75 Å². The van der Waals surface area contributed by atoms with Gasteiger partial charge in [-0.25, -0.2) is 4.98 Å². The maximum absolute atomic E-state index is 12.5. The summed E-state index contributed by atoms with van der Waals surface area (Å²) < 4.78 is 0. The first-order chi connectivity index (χ1) is 13.4. The third-order valence-electron chi connectivity index (χ3n) is 4.77. The van der Waals surface area contributed by atoms with Gasteiger partial charge in [-0.2, -0.15) is 0 Å². The molecule has 0 fully saturated rings. The van der Waals surface area contributed by atoms with E-state index < -0.39 is 0 Å². The summed E-state index contributed by atoms with van der Waals surface area (Å²) in [4.78, 5) is 22.1. The normalized spacial score (nSPS) is 14.1. The third-order valence-corrected chi connectivity index (χ3v) is 5.53. The first-order valence-electron chi connectivity index (χ1n) is 8.68. The van der Waals surface area contributed by atoms with Gasteiger partial charge in [0, 0.05) is 46.4 Å². The minimum Gasteiger partial charge on any atom is -0.506 e. The minimum atomic E-state index is -0.122. The third kappa shape index (κ3) is 3.89. The van der Waals surface area contributed by atoms with E-state index >= 15 is 0 Å². The number of hydrogen-bond acceptors (Lipinski definition) is 4. The van der Waals surface area contributed by atoms with Crippen LogP contribution in [0.4, 0.5) is 0 Å². The van der Waals surface area contributed by atoms with E-state index in [4.69, 9.17) is 34.8 Å². The van der Waals surface area contributed by atoms with Crippen LogP contribution < -0.4 is 5.56 Å². The summed E-state index contributed by atoms with van der Waals surface area (Å²) in [5.41, 5.74) is 2.74. The number of fused-ring (bicyclic) bond motifs is 1. The SMILES string of the molecule is O=c1[nH]c(-c2ccc(Cl)cc2)nc2c1CCN(Cc1cc(Cl)cc(Cl)c1O)C2. The molecule has 0 aliphatic carbocycles. The van der Waals surface area contributed by atoms with Gasteiger partial charge in [0.25, 0.3) is 5.56 Å². The zero-order valence-electron chi connectivity index (χ0n) is 14.7. The molecule has 3 aromatic rings. The van der Waals surface area contributed by atoms with E-state index in [1.807, 2.05) is 12.1 Å². The van der Waals surface area contributed by atoms with Gasteiger partial charge in [-0.1, -0.05) is 34.8 Å². The maximum Gasteiger partial charge on any atom is 0.254 e. The van der Waals surface area contributed by atoms with Crippen LogP contribution in [-0.2, 0) is 19.5 Å². The predicted octanol–water partition coefficient (Wildman–Crippen LogP) is 4.66.